The summed E-state index contributed by atoms with van der Waals surface area (Å²) in [5.41, 5.74) is 2.16. The maximum atomic E-state index is 11.3. The van der Waals surface area contributed by atoms with Gasteiger partial charge in [0.2, 0.25) is 0 Å². The molecule has 0 aromatic rings. The van der Waals surface area contributed by atoms with Crippen molar-refractivity contribution in [2.45, 2.75) is 334 Å². The molecule has 18 heteroatoms. The van der Waals surface area contributed by atoms with Crippen LogP contribution in [0.15, 0.2) is 114 Å². The average molecular weight is 1750 g/mol. The Kier molecular flexibility index (Phi) is 33.3. The summed E-state index contributed by atoms with van der Waals surface area (Å²) < 4.78 is 48.2. The molecule has 33 atom stereocenters. The topological polar surface area (TPSA) is 237 Å². The second kappa shape index (κ2) is 41.6. The van der Waals surface area contributed by atoms with Gasteiger partial charge in [0, 0.05) is 72.4 Å². The molecule has 18 nitrogen and oxygen atoms in total. The Balaban J connectivity index is 0.000000148. The van der Waals surface area contributed by atoms with E-state index >= 15 is 0 Å². The van der Waals surface area contributed by atoms with Crippen molar-refractivity contribution in [1.29, 1.82) is 0 Å². The molecule has 126 heavy (non-hydrogen) atoms. The summed E-state index contributed by atoms with van der Waals surface area (Å²) in [7, 11) is 0. The number of esters is 9. The van der Waals surface area contributed by atoms with Crippen LogP contribution in [0.25, 0.3) is 0 Å². The molecule has 18 aliphatic carbocycles. The quantitative estimate of drug-likeness (QED) is 0.0704. The first-order chi connectivity index (χ1) is 59.1. The highest BCUT2D eigenvalue weighted by atomic mass is 16.6. The zero-order valence-electron chi connectivity index (χ0n) is 80.4. The number of carbonyl (C=O) groups excluding carboxylic acids is 9. The van der Waals surface area contributed by atoms with E-state index in [0.717, 1.165) is 129 Å². The Morgan fingerprint density at radius 1 is 0.246 bits per heavy atom. The molecule has 33 unspecified atom stereocenters. The van der Waals surface area contributed by atoms with Gasteiger partial charge in [0.05, 0.1) is 0 Å². The van der Waals surface area contributed by atoms with Crippen LogP contribution in [-0.2, 0) is 85.8 Å². The third-order valence-electron chi connectivity index (χ3n) is 37.5. The second-order valence-corrected chi connectivity index (χ2v) is 45.7. The second-order valence-electron chi connectivity index (χ2n) is 45.7. The number of rotatable bonds is 18. The van der Waals surface area contributed by atoms with Gasteiger partial charge in [-0.15, -0.1) is 0 Å². The van der Waals surface area contributed by atoms with Gasteiger partial charge in [0.25, 0.3) is 0 Å². The Hall–Kier alpha value is -7.11. The molecule has 0 spiro atoms. The van der Waals surface area contributed by atoms with Gasteiger partial charge in [0.1, 0.15) is 54.9 Å². The standard InChI is InChI=1S/C14H22O2.2C13H20O2.3C12H18O2.2C11H16O2.C10H14O2/c1-6-12(15)16-11-8-9-7-10(11)14(4,5)13(9,2)3;1-5-12(14)15-11-7-9-6-10(11)8(2)13(9,3)4;1-5-12(14)15-11-7-9-6-10(11)13(3,4)8(9)2;1-4-11(13)14-10-6-9-5-8(10)7-12(9,2)3;1-4-11(13)14-10-6-8-5-9(10)12(2,3)7-8;1-4-12(13)14-11-6-9-5-10(11)8(3)7(9)2;1-3-11(12)13-10-6-8-5-9(10)4-7(8)2;1-3-11(12)13-10-6-8-4-7(2)9(10)5-8;1-2-10(11)12-9-6-7-3-4-8(9)5-7/h6,9-11H,1,7-8H2,2-5H3;2*5,8-11H,1,6-7H2,2-4H3;2*4,8-10H,1,5-7H2,2-3H3;4,7-11H,1,5-6H2,2-3H3;2*3,7-10H,1,4-6H2,2H3;2,7-9H,1,3-6H2. The van der Waals surface area contributed by atoms with Crippen molar-refractivity contribution in [3.05, 3.63) is 114 Å². The van der Waals surface area contributed by atoms with E-state index in [2.05, 4.69) is 184 Å². The van der Waals surface area contributed by atoms with Crippen LogP contribution >= 0.6 is 0 Å². The Morgan fingerprint density at radius 3 is 1.04 bits per heavy atom. The molecule has 18 bridgehead atoms. The predicted molar refractivity (Wildman–Crippen MR) is 492 cm³/mol. The Bertz CT molecular complexity index is 3950. The average Bonchev–Trinajstić information content (AvgIpc) is 1.55. The molecule has 0 N–H and O–H groups in total. The lowest BCUT2D eigenvalue weighted by Gasteiger charge is -2.47. The van der Waals surface area contributed by atoms with Crippen molar-refractivity contribution >= 4 is 53.7 Å². The van der Waals surface area contributed by atoms with E-state index in [0.29, 0.717) is 98.1 Å². The zero-order chi connectivity index (χ0) is 92.9. The number of hydrogen-bond acceptors (Lipinski definition) is 18. The molecular formula is C108H162O18. The lowest BCUT2D eigenvalue weighted by Crippen LogP contribution is -2.45. The number of hydrogen-bond donors (Lipinski definition) is 0. The predicted octanol–water partition coefficient (Wildman–Crippen LogP) is 22.4. The van der Waals surface area contributed by atoms with Gasteiger partial charge in [-0.25, -0.2) is 43.2 Å². The molecule has 18 rings (SSSR count). The van der Waals surface area contributed by atoms with Gasteiger partial charge >= 0.3 is 53.7 Å². The fraction of sp³-hybridized carbons (Fsp3) is 0.750. The maximum Gasteiger partial charge on any atom is 0.330 e. The summed E-state index contributed by atoms with van der Waals surface area (Å²) in [5.74, 6) is 14.3. The number of carbonyl (C=O) groups is 9. The summed E-state index contributed by atoms with van der Waals surface area (Å²) in [6, 6.07) is 0. The summed E-state index contributed by atoms with van der Waals surface area (Å²) >= 11 is 0. The van der Waals surface area contributed by atoms with E-state index in [-0.39, 0.29) is 114 Å². The minimum atomic E-state index is -0.272. The normalized spacial score (nSPS) is 40.6. The van der Waals surface area contributed by atoms with Crippen molar-refractivity contribution in [2.24, 2.45) is 175 Å². The molecule has 0 radical (unpaired) electrons. The molecule has 18 saturated carbocycles. The molecule has 0 aromatic heterocycles. The summed E-state index contributed by atoms with van der Waals surface area (Å²) in [4.78, 5) is 99.8. The maximum absolute atomic E-state index is 11.3. The Labute approximate surface area is 757 Å². The van der Waals surface area contributed by atoms with Gasteiger partial charge < -0.3 is 42.6 Å². The van der Waals surface area contributed by atoms with Gasteiger partial charge in [-0.2, -0.15) is 0 Å². The van der Waals surface area contributed by atoms with Crippen molar-refractivity contribution in [3.63, 3.8) is 0 Å². The summed E-state index contributed by atoms with van der Waals surface area (Å²) in [5, 5.41) is 0. The highest BCUT2D eigenvalue weighted by Gasteiger charge is 2.64. The molecule has 18 fully saturated rings. The number of fused-ring (bicyclic) bond motifs is 18. The fourth-order valence-corrected chi connectivity index (χ4v) is 28.6. The van der Waals surface area contributed by atoms with Gasteiger partial charge in [-0.05, 0) is 311 Å². The van der Waals surface area contributed by atoms with Crippen LogP contribution in [0.5, 0.6) is 0 Å². The van der Waals surface area contributed by atoms with E-state index in [1.165, 1.54) is 151 Å². The van der Waals surface area contributed by atoms with Crippen LogP contribution in [0.4, 0.5) is 0 Å². The van der Waals surface area contributed by atoms with Crippen molar-refractivity contribution in [1.82, 2.24) is 0 Å². The zero-order valence-corrected chi connectivity index (χ0v) is 80.4. The molecule has 18 aliphatic rings. The van der Waals surface area contributed by atoms with Crippen LogP contribution < -0.4 is 0 Å². The largest absolute Gasteiger partial charge is 0.459 e. The van der Waals surface area contributed by atoms with Crippen LogP contribution in [0.3, 0.4) is 0 Å². The third-order valence-corrected chi connectivity index (χ3v) is 37.5. The minimum Gasteiger partial charge on any atom is -0.459 e. The van der Waals surface area contributed by atoms with E-state index < -0.39 is 0 Å². The number of ether oxygens (including phenoxy) is 9. The lowest BCUT2D eigenvalue weighted by molar-refractivity contribution is -0.152. The van der Waals surface area contributed by atoms with Crippen molar-refractivity contribution in [3.8, 4) is 0 Å². The smallest absolute Gasteiger partial charge is 0.330 e. The highest BCUT2D eigenvalue weighted by molar-refractivity contribution is 5.84. The fourth-order valence-electron chi connectivity index (χ4n) is 28.6. The SMILES string of the molecule is C=CC(=O)OC1CC2CC(C)C1C2.C=CC(=O)OC1CC2CC1C(C)(C)C2.C=CC(=O)OC1CC2CC1C(C)(C)C2(C)C.C=CC(=O)OC1CC2CC1C(C)(C)C2C.C=CC(=O)OC1CC2CC1C(C)C2(C)C.C=CC(=O)OC1CC2CC1C(C)C2C.C=CC(=O)OC1CC2CC1CC2(C)C.C=CC(=O)OC1CC2CC1CC2C.C=CC(=O)OC1CC2CCC1C2. The van der Waals surface area contributed by atoms with E-state index in [1.807, 2.05) is 0 Å². The van der Waals surface area contributed by atoms with E-state index in [1.54, 1.807) is 0 Å². The highest BCUT2D eigenvalue weighted by Crippen LogP contribution is 2.68. The molecular weight excluding hydrogens is 1590 g/mol. The lowest BCUT2D eigenvalue weighted by atomic mass is 9.59. The van der Waals surface area contributed by atoms with Crippen LogP contribution in [0, 0.1) is 175 Å². The van der Waals surface area contributed by atoms with Gasteiger partial charge in [0.15, 0.2) is 0 Å². The van der Waals surface area contributed by atoms with Crippen LogP contribution in [0.2, 0.25) is 0 Å². The molecule has 0 aliphatic heterocycles. The molecule has 702 valence electrons. The Morgan fingerprint density at radius 2 is 0.675 bits per heavy atom. The van der Waals surface area contributed by atoms with Gasteiger partial charge in [-0.1, -0.05) is 184 Å². The van der Waals surface area contributed by atoms with Crippen LogP contribution in [0.1, 0.15) is 279 Å². The molecule has 0 heterocycles. The summed E-state index contributed by atoms with van der Waals surface area (Å²) in [6.07, 6.45) is 41.2. The van der Waals surface area contributed by atoms with Crippen molar-refractivity contribution < 1.29 is 85.8 Å². The first-order valence-electron chi connectivity index (χ1n) is 48.6. The van der Waals surface area contributed by atoms with Crippen LogP contribution in [-0.4, -0.2) is 109 Å². The first-order valence-corrected chi connectivity index (χ1v) is 48.6. The summed E-state index contributed by atoms with van der Waals surface area (Å²) in [6.45, 7) is 72.4. The first kappa shape index (κ1) is 101. The van der Waals surface area contributed by atoms with Gasteiger partial charge in [-0.3, -0.25) is 0 Å². The third kappa shape index (κ3) is 22.7. The molecule has 0 aromatic carbocycles. The monoisotopic (exact) mass is 1750 g/mol. The minimum absolute atomic E-state index is 0.110. The van der Waals surface area contributed by atoms with E-state index in [4.69, 9.17) is 42.6 Å². The van der Waals surface area contributed by atoms with Crippen molar-refractivity contribution in [2.75, 3.05) is 0 Å². The molecule has 0 amide bonds. The van der Waals surface area contributed by atoms with E-state index in [9.17, 15) is 43.2 Å². The molecule has 0 saturated heterocycles.